The third-order valence-electron chi connectivity index (χ3n) is 2.82. The first-order valence-corrected chi connectivity index (χ1v) is 6.52. The van der Waals surface area contributed by atoms with Crippen LogP contribution in [0.25, 0.3) is 22.6 Å². The Morgan fingerprint density at radius 3 is 2.78 bits per heavy atom. The van der Waals surface area contributed by atoms with Gasteiger partial charge in [0.1, 0.15) is 18.9 Å². The van der Waals surface area contributed by atoms with E-state index < -0.39 is 0 Å². The molecule has 5 nitrogen and oxygen atoms in total. The van der Waals surface area contributed by atoms with Crippen molar-refractivity contribution in [3.63, 3.8) is 0 Å². The Morgan fingerprint density at radius 2 is 2.00 bits per heavy atom. The predicted molar refractivity (Wildman–Crippen MR) is 68.2 cm³/mol. The van der Waals surface area contributed by atoms with Gasteiger partial charge in [0.15, 0.2) is 17.3 Å². The molecule has 0 unspecified atom stereocenters. The van der Waals surface area contributed by atoms with Crippen molar-refractivity contribution in [2.75, 3.05) is 13.2 Å². The van der Waals surface area contributed by atoms with Gasteiger partial charge in [-0.25, -0.2) is 9.97 Å². The van der Waals surface area contributed by atoms with Crippen molar-refractivity contribution in [3.8, 4) is 23.0 Å². The maximum Gasteiger partial charge on any atom is 0.163 e. The molecule has 1 aliphatic rings. The Kier molecular flexibility index (Phi) is 2.04. The van der Waals surface area contributed by atoms with Crippen LogP contribution in [-0.2, 0) is 0 Å². The molecular formula is C12H9N3O2S. The van der Waals surface area contributed by atoms with Crippen molar-refractivity contribution in [3.05, 3.63) is 23.0 Å². The van der Waals surface area contributed by atoms with E-state index in [9.17, 15) is 0 Å². The fourth-order valence-electron chi connectivity index (χ4n) is 2.00. The largest absolute Gasteiger partial charge is 0.486 e. The summed E-state index contributed by atoms with van der Waals surface area (Å²) in [6, 6.07) is 3.82. The Hall–Kier alpha value is -2.08. The van der Waals surface area contributed by atoms with Gasteiger partial charge in [-0.15, -0.1) is 11.3 Å². The number of hydrogen-bond acceptors (Lipinski definition) is 5. The number of nitrogens with one attached hydrogen (secondary N) is 1. The molecule has 2 aromatic heterocycles. The Morgan fingerprint density at radius 1 is 1.17 bits per heavy atom. The van der Waals surface area contributed by atoms with Gasteiger partial charge in [-0.2, -0.15) is 0 Å². The van der Waals surface area contributed by atoms with Crippen molar-refractivity contribution in [2.45, 2.75) is 0 Å². The SMILES string of the molecule is c1nc(-c2nc3cc4c(cc3[nH]2)OCCO4)cs1. The van der Waals surface area contributed by atoms with E-state index in [0.29, 0.717) is 13.2 Å². The van der Waals surface area contributed by atoms with Crippen molar-refractivity contribution in [1.82, 2.24) is 15.0 Å². The molecule has 0 radical (unpaired) electrons. The van der Waals surface area contributed by atoms with Crippen LogP contribution in [-0.4, -0.2) is 28.2 Å². The molecule has 18 heavy (non-hydrogen) atoms. The first-order valence-electron chi connectivity index (χ1n) is 5.58. The number of benzene rings is 1. The van der Waals surface area contributed by atoms with E-state index in [-0.39, 0.29) is 0 Å². The molecule has 0 bridgehead atoms. The topological polar surface area (TPSA) is 60.0 Å². The first-order chi connectivity index (χ1) is 8.90. The minimum Gasteiger partial charge on any atom is -0.486 e. The standard InChI is InChI=1S/C12H9N3O2S/c1-2-17-11-4-8-7(3-10(11)16-1)14-12(15-8)9-5-18-6-13-9/h3-6H,1-2H2,(H,14,15). The monoisotopic (exact) mass is 259 g/mol. The molecule has 0 atom stereocenters. The lowest BCUT2D eigenvalue weighted by Crippen LogP contribution is -2.15. The van der Waals surface area contributed by atoms with Crippen molar-refractivity contribution in [2.24, 2.45) is 0 Å². The lowest BCUT2D eigenvalue weighted by atomic mass is 10.2. The molecule has 1 N–H and O–H groups in total. The summed E-state index contributed by atoms with van der Waals surface area (Å²) in [5.41, 5.74) is 4.44. The minimum absolute atomic E-state index is 0.585. The number of H-pyrrole nitrogens is 1. The van der Waals surface area contributed by atoms with Gasteiger partial charge in [0.05, 0.1) is 16.5 Å². The number of aromatic amines is 1. The third-order valence-corrected chi connectivity index (χ3v) is 3.41. The van der Waals surface area contributed by atoms with Crippen LogP contribution in [0.1, 0.15) is 0 Å². The summed E-state index contributed by atoms with van der Waals surface area (Å²) in [7, 11) is 0. The van der Waals surface area contributed by atoms with E-state index in [1.165, 1.54) is 0 Å². The highest BCUT2D eigenvalue weighted by Gasteiger charge is 2.15. The zero-order valence-corrected chi connectivity index (χ0v) is 10.2. The van der Waals surface area contributed by atoms with Crippen LogP contribution in [0.5, 0.6) is 11.5 Å². The van der Waals surface area contributed by atoms with Crippen molar-refractivity contribution < 1.29 is 9.47 Å². The number of ether oxygens (including phenoxy) is 2. The predicted octanol–water partition coefficient (Wildman–Crippen LogP) is 2.46. The summed E-state index contributed by atoms with van der Waals surface area (Å²) < 4.78 is 11.1. The summed E-state index contributed by atoms with van der Waals surface area (Å²) in [6.07, 6.45) is 0. The first kappa shape index (κ1) is 9.90. The molecule has 4 rings (SSSR count). The van der Waals surface area contributed by atoms with Crippen molar-refractivity contribution in [1.29, 1.82) is 0 Å². The van der Waals surface area contributed by atoms with Crippen molar-refractivity contribution >= 4 is 22.4 Å². The number of aromatic nitrogens is 3. The summed E-state index contributed by atoms with van der Waals surface area (Å²) in [5, 5.41) is 1.96. The van der Waals surface area contributed by atoms with Gasteiger partial charge in [0, 0.05) is 17.5 Å². The van der Waals surface area contributed by atoms with Crippen LogP contribution in [0.2, 0.25) is 0 Å². The molecule has 0 saturated heterocycles. The van der Waals surface area contributed by atoms with Gasteiger partial charge in [-0.05, 0) is 0 Å². The number of imidazole rings is 1. The fourth-order valence-corrected chi connectivity index (χ4v) is 2.53. The van der Waals surface area contributed by atoms with Crippen LogP contribution in [0.15, 0.2) is 23.0 Å². The molecule has 1 aromatic carbocycles. The van der Waals surface area contributed by atoms with Gasteiger partial charge >= 0.3 is 0 Å². The van der Waals surface area contributed by atoms with E-state index in [1.807, 2.05) is 17.5 Å². The number of hydrogen-bond donors (Lipinski definition) is 1. The molecule has 6 heteroatoms. The summed E-state index contributed by atoms with van der Waals surface area (Å²) in [4.78, 5) is 12.0. The average Bonchev–Trinajstić information content (AvgIpc) is 3.04. The number of nitrogens with zero attached hydrogens (tertiary/aromatic N) is 2. The van der Waals surface area contributed by atoms with Crippen LogP contribution in [0, 0.1) is 0 Å². The zero-order valence-electron chi connectivity index (χ0n) is 9.34. The third kappa shape index (κ3) is 1.46. The Balaban J connectivity index is 1.90. The molecule has 90 valence electrons. The van der Waals surface area contributed by atoms with Gasteiger partial charge in [-0.3, -0.25) is 0 Å². The second-order valence-electron chi connectivity index (χ2n) is 3.97. The zero-order chi connectivity index (χ0) is 11.9. The number of rotatable bonds is 1. The highest BCUT2D eigenvalue weighted by molar-refractivity contribution is 7.07. The molecule has 1 aliphatic heterocycles. The highest BCUT2D eigenvalue weighted by Crippen LogP contribution is 2.34. The molecular weight excluding hydrogens is 250 g/mol. The highest BCUT2D eigenvalue weighted by atomic mass is 32.1. The van der Waals surface area contributed by atoms with E-state index in [2.05, 4.69) is 15.0 Å². The normalized spacial score (nSPS) is 14.0. The Labute approximate surface area is 106 Å². The summed E-state index contributed by atoms with van der Waals surface area (Å²) in [6.45, 7) is 1.17. The molecule has 3 heterocycles. The van der Waals surface area contributed by atoms with Gasteiger partial charge < -0.3 is 14.5 Å². The van der Waals surface area contributed by atoms with Gasteiger partial charge in [0.2, 0.25) is 0 Å². The maximum absolute atomic E-state index is 5.55. The van der Waals surface area contributed by atoms with Crippen LogP contribution >= 0.6 is 11.3 Å². The second kappa shape index (κ2) is 3.71. The summed E-state index contributed by atoms with van der Waals surface area (Å²) >= 11 is 1.55. The quantitative estimate of drug-likeness (QED) is 0.729. The van der Waals surface area contributed by atoms with E-state index in [4.69, 9.17) is 9.47 Å². The smallest absolute Gasteiger partial charge is 0.163 e. The molecule has 0 amide bonds. The molecule has 0 saturated carbocycles. The maximum atomic E-state index is 5.55. The van der Waals surface area contributed by atoms with Gasteiger partial charge in [-0.1, -0.05) is 0 Å². The van der Waals surface area contributed by atoms with E-state index >= 15 is 0 Å². The number of thiazole rings is 1. The molecule has 0 fully saturated rings. The van der Waals surface area contributed by atoms with E-state index in [1.54, 1.807) is 16.8 Å². The minimum atomic E-state index is 0.585. The van der Waals surface area contributed by atoms with Crippen LogP contribution in [0.4, 0.5) is 0 Å². The van der Waals surface area contributed by atoms with Crippen LogP contribution in [0.3, 0.4) is 0 Å². The fraction of sp³-hybridized carbons (Fsp3) is 0.167. The lowest BCUT2D eigenvalue weighted by molar-refractivity contribution is 0.172. The Bertz CT molecular complexity index is 663. The molecule has 0 aliphatic carbocycles. The average molecular weight is 259 g/mol. The summed E-state index contributed by atoms with van der Waals surface area (Å²) in [5.74, 6) is 2.29. The van der Waals surface area contributed by atoms with E-state index in [0.717, 1.165) is 34.1 Å². The van der Waals surface area contributed by atoms with Gasteiger partial charge in [0.25, 0.3) is 0 Å². The number of fused-ring (bicyclic) bond motifs is 2. The second-order valence-corrected chi connectivity index (χ2v) is 4.69. The molecule has 3 aromatic rings. The lowest BCUT2D eigenvalue weighted by Gasteiger charge is -2.17. The van der Waals surface area contributed by atoms with Crippen LogP contribution < -0.4 is 9.47 Å². The molecule has 0 spiro atoms.